The van der Waals surface area contributed by atoms with E-state index in [1.165, 1.54) is 4.68 Å². The van der Waals surface area contributed by atoms with Crippen LogP contribution in [0.2, 0.25) is 0 Å². The SMILES string of the molecule is C[C@H](NC(=O)Cn1ncc2ccccc2c1=O)c1ccc2ccccc2c1. The second-order valence-electron chi connectivity index (χ2n) is 6.59. The van der Waals surface area contributed by atoms with Gasteiger partial charge in [-0.2, -0.15) is 5.10 Å². The van der Waals surface area contributed by atoms with Crippen LogP contribution in [0.5, 0.6) is 0 Å². The van der Waals surface area contributed by atoms with Crippen molar-refractivity contribution in [3.63, 3.8) is 0 Å². The van der Waals surface area contributed by atoms with Gasteiger partial charge in [0.1, 0.15) is 6.54 Å². The highest BCUT2D eigenvalue weighted by Gasteiger charge is 2.12. The Bertz CT molecular complexity index is 1200. The number of aromatic nitrogens is 2. The van der Waals surface area contributed by atoms with Gasteiger partial charge in [-0.3, -0.25) is 9.59 Å². The monoisotopic (exact) mass is 357 g/mol. The maximum atomic E-state index is 12.5. The highest BCUT2D eigenvalue weighted by molar-refractivity contribution is 5.84. The molecule has 5 heteroatoms. The van der Waals surface area contributed by atoms with Crippen LogP contribution in [-0.4, -0.2) is 15.7 Å². The zero-order valence-corrected chi connectivity index (χ0v) is 14.9. The van der Waals surface area contributed by atoms with Crippen LogP contribution in [0.4, 0.5) is 0 Å². The molecule has 1 amide bonds. The Labute approximate surface area is 156 Å². The molecule has 1 N–H and O–H groups in total. The predicted octanol–water partition coefficient (Wildman–Crippen LogP) is 3.43. The molecule has 1 aromatic heterocycles. The van der Waals surface area contributed by atoms with Crippen LogP contribution in [0.25, 0.3) is 21.5 Å². The van der Waals surface area contributed by atoms with Crippen molar-refractivity contribution >= 4 is 27.5 Å². The lowest BCUT2D eigenvalue weighted by Crippen LogP contribution is -2.34. The molecule has 5 nitrogen and oxygen atoms in total. The van der Waals surface area contributed by atoms with E-state index < -0.39 is 0 Å². The topological polar surface area (TPSA) is 64.0 Å². The second-order valence-corrected chi connectivity index (χ2v) is 6.59. The fourth-order valence-electron chi connectivity index (χ4n) is 3.22. The minimum absolute atomic E-state index is 0.110. The third-order valence-corrected chi connectivity index (χ3v) is 4.71. The van der Waals surface area contributed by atoms with E-state index in [1.807, 2.05) is 49.4 Å². The summed E-state index contributed by atoms with van der Waals surface area (Å²) in [6.45, 7) is 1.82. The molecule has 0 saturated carbocycles. The molecule has 1 heterocycles. The molecule has 3 aromatic carbocycles. The van der Waals surface area contributed by atoms with Crippen molar-refractivity contribution in [2.75, 3.05) is 0 Å². The summed E-state index contributed by atoms with van der Waals surface area (Å²) in [7, 11) is 0. The van der Waals surface area contributed by atoms with Crippen molar-refractivity contribution in [2.24, 2.45) is 0 Å². The quantitative estimate of drug-likeness (QED) is 0.609. The molecule has 0 fully saturated rings. The molecule has 0 aliphatic rings. The van der Waals surface area contributed by atoms with Crippen molar-refractivity contribution in [1.29, 1.82) is 0 Å². The van der Waals surface area contributed by atoms with Gasteiger partial charge in [-0.15, -0.1) is 0 Å². The first-order valence-electron chi connectivity index (χ1n) is 8.85. The Morgan fingerprint density at radius 3 is 2.52 bits per heavy atom. The van der Waals surface area contributed by atoms with Gasteiger partial charge >= 0.3 is 0 Å². The van der Waals surface area contributed by atoms with Crippen LogP contribution in [0.1, 0.15) is 18.5 Å². The van der Waals surface area contributed by atoms with Crippen LogP contribution in [0.15, 0.2) is 77.7 Å². The summed E-state index contributed by atoms with van der Waals surface area (Å²) in [6, 6.07) is 21.3. The standard InChI is InChI=1S/C22H19N3O2/c1-15(17-11-10-16-6-2-3-7-18(16)12-17)24-21(26)14-25-22(27)20-9-5-4-8-19(20)13-23-25/h2-13,15H,14H2,1H3,(H,24,26)/t15-/m0/s1. The summed E-state index contributed by atoms with van der Waals surface area (Å²) in [5.41, 5.74) is 0.752. The Balaban J connectivity index is 1.51. The molecular formula is C22H19N3O2. The molecule has 0 spiro atoms. The van der Waals surface area contributed by atoms with Gasteiger partial charge in [-0.25, -0.2) is 4.68 Å². The molecule has 0 bridgehead atoms. The Hall–Kier alpha value is -3.47. The van der Waals surface area contributed by atoms with Crippen LogP contribution >= 0.6 is 0 Å². The summed E-state index contributed by atoms with van der Waals surface area (Å²) in [5, 5.41) is 10.7. The minimum atomic E-state index is -0.262. The first kappa shape index (κ1) is 17.0. The lowest BCUT2D eigenvalue weighted by molar-refractivity contribution is -0.122. The molecule has 0 radical (unpaired) electrons. The lowest BCUT2D eigenvalue weighted by Gasteiger charge is -2.15. The van der Waals surface area contributed by atoms with Crippen LogP contribution in [-0.2, 0) is 11.3 Å². The van der Waals surface area contributed by atoms with Crippen molar-refractivity contribution < 1.29 is 4.79 Å². The number of rotatable bonds is 4. The van der Waals surface area contributed by atoms with Crippen LogP contribution in [0, 0.1) is 0 Å². The number of benzene rings is 3. The molecule has 0 aliphatic heterocycles. The molecular weight excluding hydrogens is 338 g/mol. The van der Waals surface area contributed by atoms with E-state index in [4.69, 9.17) is 0 Å². The number of hydrogen-bond donors (Lipinski definition) is 1. The van der Waals surface area contributed by atoms with Gasteiger partial charge in [0.15, 0.2) is 0 Å². The Morgan fingerprint density at radius 1 is 1.00 bits per heavy atom. The van der Waals surface area contributed by atoms with Gasteiger partial charge in [0, 0.05) is 5.39 Å². The van der Waals surface area contributed by atoms with E-state index in [9.17, 15) is 9.59 Å². The molecule has 0 saturated heterocycles. The van der Waals surface area contributed by atoms with Crippen molar-refractivity contribution in [3.05, 3.63) is 88.8 Å². The Kier molecular flexibility index (Phi) is 4.42. The van der Waals surface area contributed by atoms with E-state index in [0.29, 0.717) is 5.39 Å². The highest BCUT2D eigenvalue weighted by atomic mass is 16.2. The summed E-state index contributed by atoms with van der Waals surface area (Å²) in [4.78, 5) is 24.9. The van der Waals surface area contributed by atoms with Gasteiger partial charge in [-0.1, -0.05) is 54.6 Å². The fraction of sp³-hybridized carbons (Fsp3) is 0.136. The van der Waals surface area contributed by atoms with Gasteiger partial charge < -0.3 is 5.32 Å². The smallest absolute Gasteiger partial charge is 0.275 e. The third-order valence-electron chi connectivity index (χ3n) is 4.71. The van der Waals surface area contributed by atoms with E-state index in [-0.39, 0.29) is 24.1 Å². The van der Waals surface area contributed by atoms with E-state index >= 15 is 0 Å². The maximum Gasteiger partial charge on any atom is 0.275 e. The molecule has 0 unspecified atom stereocenters. The summed E-state index contributed by atoms with van der Waals surface area (Å²) in [5.74, 6) is -0.250. The number of carbonyl (C=O) groups excluding carboxylic acids is 1. The van der Waals surface area contributed by atoms with E-state index in [0.717, 1.165) is 21.7 Å². The Morgan fingerprint density at radius 2 is 1.70 bits per heavy atom. The lowest BCUT2D eigenvalue weighted by atomic mass is 10.0. The molecule has 1 atom stereocenters. The third kappa shape index (κ3) is 3.44. The van der Waals surface area contributed by atoms with Crippen molar-refractivity contribution in [1.82, 2.24) is 15.1 Å². The van der Waals surface area contributed by atoms with E-state index in [2.05, 4.69) is 22.5 Å². The van der Waals surface area contributed by atoms with Gasteiger partial charge in [0.2, 0.25) is 5.91 Å². The predicted molar refractivity (Wildman–Crippen MR) is 107 cm³/mol. The molecule has 0 aliphatic carbocycles. The average Bonchev–Trinajstić information content (AvgIpc) is 2.70. The number of fused-ring (bicyclic) bond motifs is 2. The zero-order chi connectivity index (χ0) is 18.8. The van der Waals surface area contributed by atoms with Gasteiger partial charge in [0.05, 0.1) is 17.6 Å². The van der Waals surface area contributed by atoms with Gasteiger partial charge in [-0.05, 0) is 35.4 Å². The van der Waals surface area contributed by atoms with Crippen LogP contribution in [0.3, 0.4) is 0 Å². The number of hydrogen-bond acceptors (Lipinski definition) is 3. The van der Waals surface area contributed by atoms with E-state index in [1.54, 1.807) is 18.3 Å². The summed E-state index contributed by atoms with van der Waals surface area (Å²) in [6.07, 6.45) is 1.61. The average molecular weight is 357 g/mol. The zero-order valence-electron chi connectivity index (χ0n) is 14.9. The first-order valence-corrected chi connectivity index (χ1v) is 8.85. The van der Waals surface area contributed by atoms with Crippen molar-refractivity contribution in [3.8, 4) is 0 Å². The molecule has 27 heavy (non-hydrogen) atoms. The molecule has 134 valence electrons. The van der Waals surface area contributed by atoms with Crippen molar-refractivity contribution in [2.45, 2.75) is 19.5 Å². The normalized spacial score (nSPS) is 12.2. The van der Waals surface area contributed by atoms with Crippen LogP contribution < -0.4 is 10.9 Å². The second kappa shape index (κ2) is 7.03. The summed E-state index contributed by atoms with van der Waals surface area (Å²) < 4.78 is 1.20. The molecule has 4 aromatic rings. The number of carbonyl (C=O) groups is 1. The highest BCUT2D eigenvalue weighted by Crippen LogP contribution is 2.20. The maximum absolute atomic E-state index is 12.5. The van der Waals surface area contributed by atoms with Gasteiger partial charge in [0.25, 0.3) is 5.56 Å². The first-order chi connectivity index (χ1) is 13.1. The number of nitrogens with one attached hydrogen (secondary N) is 1. The molecule has 4 rings (SSSR count). The number of amides is 1. The summed E-state index contributed by atoms with van der Waals surface area (Å²) >= 11 is 0. The minimum Gasteiger partial charge on any atom is -0.348 e. The number of nitrogens with zero attached hydrogens (tertiary/aromatic N) is 2. The fourth-order valence-corrected chi connectivity index (χ4v) is 3.22. The largest absolute Gasteiger partial charge is 0.348 e.